The third kappa shape index (κ3) is 2.44. The van der Waals surface area contributed by atoms with Crippen LogP contribution in [-0.2, 0) is 13.2 Å². The molecule has 0 radical (unpaired) electrons. The Morgan fingerprint density at radius 1 is 1.41 bits per heavy atom. The average molecular weight is 249 g/mol. The smallest absolute Gasteiger partial charge is 0.0702 e. The summed E-state index contributed by atoms with van der Waals surface area (Å²) in [5.74, 6) is 0. The first-order valence-corrected chi connectivity index (χ1v) is 5.89. The zero-order valence-corrected chi connectivity index (χ0v) is 10.1. The summed E-state index contributed by atoms with van der Waals surface area (Å²) in [5.41, 5.74) is 1.91. The Morgan fingerprint density at radius 2 is 2.24 bits per heavy atom. The fraction of sp³-hybridized carbons (Fsp3) is 0.308. The normalized spacial score (nSPS) is 10.6. The van der Waals surface area contributed by atoms with Crippen LogP contribution in [0.3, 0.4) is 0 Å². The van der Waals surface area contributed by atoms with Gasteiger partial charge >= 0.3 is 0 Å². The van der Waals surface area contributed by atoms with E-state index in [9.17, 15) is 5.11 Å². The van der Waals surface area contributed by atoms with Crippen LogP contribution in [0.1, 0.15) is 18.4 Å². The molecule has 0 atom stereocenters. The predicted molar refractivity (Wildman–Crippen MR) is 67.7 cm³/mol. The topological polar surface area (TPSA) is 49.0 Å². The monoisotopic (exact) mass is 248 g/mol. The average Bonchev–Trinajstić information content (AvgIpc) is 2.67. The number of unbranched alkanes of at least 4 members (excludes halogenated alkanes) is 1. The van der Waals surface area contributed by atoms with Gasteiger partial charge < -0.3 is 9.67 Å². The summed E-state index contributed by atoms with van der Waals surface area (Å²) < 4.78 is 2.05. The molecule has 88 valence electrons. The summed E-state index contributed by atoms with van der Waals surface area (Å²) in [6.07, 6.45) is 3.27. The van der Waals surface area contributed by atoms with E-state index in [1.54, 1.807) is 0 Å². The number of hydrogen-bond acceptors (Lipinski definition) is 2. The molecule has 1 N–H and O–H groups in total. The predicted octanol–water partition coefficient (Wildman–Crippen LogP) is 3.09. The van der Waals surface area contributed by atoms with Crippen molar-refractivity contribution in [2.75, 3.05) is 0 Å². The number of benzene rings is 1. The maximum Gasteiger partial charge on any atom is 0.0702 e. The van der Waals surface area contributed by atoms with Crippen LogP contribution in [-0.4, -0.2) is 9.67 Å². The third-order valence-corrected chi connectivity index (χ3v) is 3.02. The Kier molecular flexibility index (Phi) is 3.68. The molecule has 1 aromatic carbocycles. The van der Waals surface area contributed by atoms with Crippen LogP contribution < -0.4 is 0 Å². The molecule has 0 saturated carbocycles. The first-order valence-electron chi connectivity index (χ1n) is 5.51. The highest BCUT2D eigenvalue weighted by atomic mass is 35.5. The number of aryl methyl sites for hydroxylation is 1. The van der Waals surface area contributed by atoms with E-state index in [2.05, 4.69) is 6.07 Å². The minimum Gasteiger partial charge on any atom is -0.392 e. The molecular weight excluding hydrogens is 236 g/mol. The first kappa shape index (κ1) is 12.0. The number of rotatable bonds is 4. The lowest BCUT2D eigenvalue weighted by Gasteiger charge is -2.03. The van der Waals surface area contributed by atoms with E-state index in [-0.39, 0.29) is 6.61 Å². The molecule has 0 aliphatic carbocycles. The highest BCUT2D eigenvalue weighted by Gasteiger charge is 2.07. The molecule has 17 heavy (non-hydrogen) atoms. The minimum absolute atomic E-state index is 0.0172. The van der Waals surface area contributed by atoms with Crippen molar-refractivity contribution in [2.24, 2.45) is 0 Å². The molecule has 0 aliphatic rings. The van der Waals surface area contributed by atoms with Crippen LogP contribution in [0, 0.1) is 11.3 Å². The van der Waals surface area contributed by atoms with Gasteiger partial charge in [-0.3, -0.25) is 0 Å². The van der Waals surface area contributed by atoms with Crippen LogP contribution >= 0.6 is 11.6 Å². The van der Waals surface area contributed by atoms with Gasteiger partial charge in [-0.1, -0.05) is 17.7 Å². The molecule has 2 rings (SSSR count). The molecule has 0 aliphatic heterocycles. The van der Waals surface area contributed by atoms with Gasteiger partial charge in [-0.2, -0.15) is 5.26 Å². The van der Waals surface area contributed by atoms with Crippen LogP contribution in [0.4, 0.5) is 0 Å². The highest BCUT2D eigenvalue weighted by molar-refractivity contribution is 6.31. The Labute approximate surface area is 105 Å². The lowest BCUT2D eigenvalue weighted by Crippen LogP contribution is -1.95. The lowest BCUT2D eigenvalue weighted by atomic mass is 10.2. The van der Waals surface area contributed by atoms with Crippen LogP contribution in [0.25, 0.3) is 10.9 Å². The zero-order chi connectivity index (χ0) is 12.3. The van der Waals surface area contributed by atoms with E-state index >= 15 is 0 Å². The highest BCUT2D eigenvalue weighted by Crippen LogP contribution is 2.25. The Hall–Kier alpha value is -1.50. The van der Waals surface area contributed by atoms with Gasteiger partial charge in [0, 0.05) is 40.7 Å². The number of halogens is 1. The number of hydrogen-bond donors (Lipinski definition) is 1. The van der Waals surface area contributed by atoms with Crippen molar-refractivity contribution >= 4 is 22.5 Å². The fourth-order valence-electron chi connectivity index (χ4n) is 1.98. The van der Waals surface area contributed by atoms with Crippen molar-refractivity contribution in [2.45, 2.75) is 26.0 Å². The fourth-order valence-corrected chi connectivity index (χ4v) is 2.15. The Morgan fingerprint density at radius 3 is 2.94 bits per heavy atom. The van der Waals surface area contributed by atoms with Gasteiger partial charge in [0.25, 0.3) is 0 Å². The van der Waals surface area contributed by atoms with Crippen LogP contribution in [0.2, 0.25) is 5.02 Å². The summed E-state index contributed by atoms with van der Waals surface area (Å²) in [6, 6.07) is 7.76. The second kappa shape index (κ2) is 5.22. The van der Waals surface area contributed by atoms with Crippen molar-refractivity contribution in [3.8, 4) is 6.07 Å². The summed E-state index contributed by atoms with van der Waals surface area (Å²) in [6.45, 7) is 0.786. The molecule has 0 unspecified atom stereocenters. The Bertz CT molecular complexity index is 569. The second-order valence-corrected chi connectivity index (χ2v) is 4.37. The molecular formula is C13H13ClN2O. The molecule has 0 fully saturated rings. The molecule has 0 saturated heterocycles. The minimum atomic E-state index is 0.0172. The number of nitrogens with zero attached hydrogens (tertiary/aromatic N) is 2. The van der Waals surface area contributed by atoms with Crippen molar-refractivity contribution in [3.63, 3.8) is 0 Å². The lowest BCUT2D eigenvalue weighted by molar-refractivity contribution is 0.283. The van der Waals surface area contributed by atoms with Gasteiger partial charge in [-0.25, -0.2) is 0 Å². The van der Waals surface area contributed by atoms with Gasteiger partial charge in [-0.15, -0.1) is 0 Å². The number of aliphatic hydroxyl groups excluding tert-OH is 1. The van der Waals surface area contributed by atoms with E-state index in [4.69, 9.17) is 16.9 Å². The zero-order valence-electron chi connectivity index (χ0n) is 9.36. The molecule has 2 aromatic rings. The number of aromatic nitrogens is 1. The quantitative estimate of drug-likeness (QED) is 0.846. The number of fused-ring (bicyclic) bond motifs is 1. The Balaban J connectivity index is 2.40. The summed E-state index contributed by atoms with van der Waals surface area (Å²) in [7, 11) is 0. The van der Waals surface area contributed by atoms with E-state index in [1.165, 1.54) is 0 Å². The van der Waals surface area contributed by atoms with Crippen molar-refractivity contribution in [1.82, 2.24) is 4.57 Å². The molecule has 0 bridgehead atoms. The van der Waals surface area contributed by atoms with Gasteiger partial charge in [-0.05, 0) is 18.6 Å². The van der Waals surface area contributed by atoms with E-state index in [1.807, 2.05) is 29.0 Å². The van der Waals surface area contributed by atoms with E-state index in [0.717, 1.165) is 29.4 Å². The third-order valence-electron chi connectivity index (χ3n) is 2.78. The van der Waals surface area contributed by atoms with Gasteiger partial charge in [0.15, 0.2) is 0 Å². The standard InChI is InChI=1S/C13H13ClN2O/c14-11-3-4-12-10(9-17)8-16(13(12)7-11)6-2-1-5-15/h3-4,7-8,17H,1-2,6,9H2. The second-order valence-electron chi connectivity index (χ2n) is 3.93. The maximum atomic E-state index is 9.29. The number of nitriles is 1. The van der Waals surface area contributed by atoms with Crippen molar-refractivity contribution in [3.05, 3.63) is 35.0 Å². The van der Waals surface area contributed by atoms with E-state index < -0.39 is 0 Å². The van der Waals surface area contributed by atoms with Crippen molar-refractivity contribution < 1.29 is 5.11 Å². The van der Waals surface area contributed by atoms with Crippen LogP contribution in [0.15, 0.2) is 24.4 Å². The molecule has 1 aromatic heterocycles. The van der Waals surface area contributed by atoms with Gasteiger partial charge in [0.2, 0.25) is 0 Å². The molecule has 1 heterocycles. The molecule has 0 spiro atoms. The SMILES string of the molecule is N#CCCCn1cc(CO)c2ccc(Cl)cc21. The molecule has 4 heteroatoms. The van der Waals surface area contributed by atoms with Crippen LogP contribution in [0.5, 0.6) is 0 Å². The summed E-state index contributed by atoms with van der Waals surface area (Å²) >= 11 is 5.98. The summed E-state index contributed by atoms with van der Waals surface area (Å²) in [5, 5.41) is 19.5. The summed E-state index contributed by atoms with van der Waals surface area (Å²) in [4.78, 5) is 0. The first-order chi connectivity index (χ1) is 8.26. The largest absolute Gasteiger partial charge is 0.392 e. The van der Waals surface area contributed by atoms with Gasteiger partial charge in [0.1, 0.15) is 0 Å². The van der Waals surface area contributed by atoms with Crippen molar-refractivity contribution in [1.29, 1.82) is 5.26 Å². The molecule has 3 nitrogen and oxygen atoms in total. The molecule has 0 amide bonds. The number of aliphatic hydroxyl groups is 1. The van der Waals surface area contributed by atoms with Gasteiger partial charge in [0.05, 0.1) is 12.7 Å². The van der Waals surface area contributed by atoms with E-state index in [0.29, 0.717) is 11.4 Å². The maximum absolute atomic E-state index is 9.29.